The zero-order valence-corrected chi connectivity index (χ0v) is 20.3. The van der Waals surface area contributed by atoms with Gasteiger partial charge < -0.3 is 9.47 Å². The molecule has 0 aromatic heterocycles. The minimum atomic E-state index is -5.98. The van der Waals surface area contributed by atoms with Gasteiger partial charge in [-0.25, -0.2) is 0 Å². The summed E-state index contributed by atoms with van der Waals surface area (Å²) < 4.78 is 80.9. The van der Waals surface area contributed by atoms with Gasteiger partial charge >= 0.3 is 15.6 Å². The molecule has 0 saturated carbocycles. The van der Waals surface area contributed by atoms with Gasteiger partial charge in [0.25, 0.3) is 0 Å². The van der Waals surface area contributed by atoms with E-state index in [9.17, 15) is 21.6 Å². The van der Waals surface area contributed by atoms with Crippen molar-refractivity contribution in [1.29, 1.82) is 0 Å². The average molecular weight is 519 g/mol. The Hall–Kier alpha value is -2.34. The second kappa shape index (κ2) is 9.88. The number of methoxy groups -OCH3 is 2. The summed E-state index contributed by atoms with van der Waals surface area (Å²) in [5, 5.41) is 0. The number of hydrogen-bond donors (Lipinski definition) is 0. The topological polar surface area (TPSA) is 61.8 Å². The number of halogens is 3. The normalized spacial score (nSPS) is 12.9. The van der Waals surface area contributed by atoms with Crippen molar-refractivity contribution in [2.75, 3.05) is 20.5 Å². The van der Waals surface area contributed by atoms with Crippen LogP contribution in [-0.4, -0.2) is 34.4 Å². The predicted octanol–water partition coefficient (Wildman–Crippen LogP) is 6.49. The van der Waals surface area contributed by atoms with Gasteiger partial charge in [-0.15, -0.1) is 11.8 Å². The van der Waals surface area contributed by atoms with E-state index in [-0.39, 0.29) is 14.7 Å². The molecule has 0 unspecified atom stereocenters. The van der Waals surface area contributed by atoms with Gasteiger partial charge in [-0.05, 0) is 89.4 Å². The molecule has 0 amide bonds. The van der Waals surface area contributed by atoms with Gasteiger partial charge in [0.1, 0.15) is 11.5 Å². The van der Waals surface area contributed by atoms with Gasteiger partial charge in [-0.1, -0.05) is 0 Å². The molecule has 0 aliphatic carbocycles. The minimum absolute atomic E-state index is 0.248. The quantitative estimate of drug-likeness (QED) is 0.251. The summed E-state index contributed by atoms with van der Waals surface area (Å²) in [7, 11) is -6.46. The lowest BCUT2D eigenvalue weighted by molar-refractivity contribution is -0.0496. The fourth-order valence-corrected chi connectivity index (χ4v) is 8.11. The van der Waals surface area contributed by atoms with Crippen molar-refractivity contribution in [3.8, 4) is 11.5 Å². The third-order valence-corrected chi connectivity index (χ3v) is 10.3. The lowest BCUT2D eigenvalue weighted by atomic mass is 10.3. The molecule has 3 aromatic carbocycles. The van der Waals surface area contributed by atoms with E-state index in [1.54, 1.807) is 48.5 Å². The molecule has 5 nitrogen and oxygen atoms in total. The lowest BCUT2D eigenvalue weighted by Gasteiger charge is -2.39. The SMILES string of the molecule is COc1ccc(S(OS(=O)(=O)C(F)(F)F)(c2ccc(OC)cc2)c2ccc(SC)cc2)cc1. The second-order valence-electron chi connectivity index (χ2n) is 6.55. The largest absolute Gasteiger partial charge is 0.524 e. The molecule has 0 aliphatic heterocycles. The lowest BCUT2D eigenvalue weighted by Crippen LogP contribution is -2.27. The summed E-state index contributed by atoms with van der Waals surface area (Å²) in [5.74, 6) is 0.913. The van der Waals surface area contributed by atoms with E-state index < -0.39 is 25.9 Å². The van der Waals surface area contributed by atoms with Crippen molar-refractivity contribution < 1.29 is 34.7 Å². The molecular formula is C22H21F3O5S3. The summed E-state index contributed by atoms with van der Waals surface area (Å²) in [6.07, 6.45) is 1.85. The first kappa shape index (κ1) is 25.3. The van der Waals surface area contributed by atoms with Crippen LogP contribution in [0.2, 0.25) is 0 Å². The molecule has 0 aliphatic rings. The first-order valence-corrected chi connectivity index (χ1v) is 13.5. The van der Waals surface area contributed by atoms with Crippen molar-refractivity contribution in [3.63, 3.8) is 0 Å². The molecular weight excluding hydrogens is 497 g/mol. The van der Waals surface area contributed by atoms with Gasteiger partial charge in [0.15, 0.2) is 0 Å². The maximum Gasteiger partial charge on any atom is 0.524 e. The Labute approximate surface area is 196 Å². The Morgan fingerprint density at radius 1 is 0.697 bits per heavy atom. The summed E-state index contributed by atoms with van der Waals surface area (Å²) in [4.78, 5) is 1.63. The fourth-order valence-electron chi connectivity index (χ4n) is 3.00. The predicted molar refractivity (Wildman–Crippen MR) is 123 cm³/mol. The van der Waals surface area contributed by atoms with E-state index in [4.69, 9.17) is 13.1 Å². The molecule has 0 bridgehead atoms. The molecule has 0 atom stereocenters. The molecule has 0 radical (unpaired) electrons. The van der Waals surface area contributed by atoms with Crippen LogP contribution in [0.1, 0.15) is 0 Å². The Morgan fingerprint density at radius 2 is 1.06 bits per heavy atom. The Balaban J connectivity index is 2.37. The zero-order valence-electron chi connectivity index (χ0n) is 17.8. The smallest absolute Gasteiger partial charge is 0.497 e. The maximum atomic E-state index is 13.5. The van der Waals surface area contributed by atoms with E-state index in [1.165, 1.54) is 50.2 Å². The number of hydrogen-bond acceptors (Lipinski definition) is 6. The monoisotopic (exact) mass is 518 g/mol. The third kappa shape index (κ3) is 5.11. The van der Waals surface area contributed by atoms with Crippen LogP contribution in [0.25, 0.3) is 0 Å². The van der Waals surface area contributed by atoms with E-state index >= 15 is 0 Å². The van der Waals surface area contributed by atoms with Crippen LogP contribution in [0, 0.1) is 0 Å². The van der Waals surface area contributed by atoms with Crippen LogP contribution < -0.4 is 9.47 Å². The fraction of sp³-hybridized carbons (Fsp3) is 0.182. The van der Waals surface area contributed by atoms with Gasteiger partial charge in [0.05, 0.1) is 14.2 Å². The van der Waals surface area contributed by atoms with E-state index in [1.807, 2.05) is 6.26 Å². The van der Waals surface area contributed by atoms with Crippen LogP contribution in [0.5, 0.6) is 11.5 Å². The van der Waals surface area contributed by atoms with Crippen LogP contribution in [0.15, 0.2) is 92.4 Å². The first-order chi connectivity index (χ1) is 15.6. The molecule has 3 rings (SSSR count). The molecule has 0 heterocycles. The Kier molecular flexibility index (Phi) is 7.57. The molecule has 178 valence electrons. The maximum absolute atomic E-state index is 13.5. The molecule has 0 fully saturated rings. The highest BCUT2D eigenvalue weighted by Gasteiger charge is 2.52. The molecule has 0 spiro atoms. The van der Waals surface area contributed by atoms with E-state index in [0.717, 1.165) is 4.90 Å². The van der Waals surface area contributed by atoms with Gasteiger partial charge in [-0.3, -0.25) is 0 Å². The van der Waals surface area contributed by atoms with Crippen molar-refractivity contribution in [3.05, 3.63) is 72.8 Å². The van der Waals surface area contributed by atoms with Crippen LogP contribution in [-0.2, 0) is 13.7 Å². The number of rotatable bonds is 8. The van der Waals surface area contributed by atoms with Crippen LogP contribution >= 0.6 is 22.1 Å². The number of alkyl halides is 3. The minimum Gasteiger partial charge on any atom is -0.497 e. The van der Waals surface area contributed by atoms with Crippen LogP contribution in [0.3, 0.4) is 0 Å². The van der Waals surface area contributed by atoms with Crippen molar-refractivity contribution in [2.24, 2.45) is 0 Å². The number of ether oxygens (including phenoxy) is 2. The van der Waals surface area contributed by atoms with Gasteiger partial charge in [-0.2, -0.15) is 25.2 Å². The molecule has 0 saturated heterocycles. The standard InChI is InChI=1S/C22H21F3O5S3/c1-28-16-4-10-19(11-5-16)32(30-33(26,27)22(23,24)25,20-12-6-17(29-2)7-13-20)21-14-8-18(31-3)9-15-21/h4-15H,1-3H3. The summed E-state index contributed by atoms with van der Waals surface area (Å²) in [5.41, 5.74) is -5.61. The highest BCUT2D eigenvalue weighted by atomic mass is 32.3. The van der Waals surface area contributed by atoms with Gasteiger partial charge in [0.2, 0.25) is 0 Å². The summed E-state index contributed by atoms with van der Waals surface area (Å²) in [6.45, 7) is 0. The van der Waals surface area contributed by atoms with Crippen molar-refractivity contribution >= 4 is 32.2 Å². The molecule has 3 aromatic rings. The highest BCUT2D eigenvalue weighted by molar-refractivity contribution is 8.33. The average Bonchev–Trinajstić information content (AvgIpc) is 2.82. The van der Waals surface area contributed by atoms with Crippen LogP contribution in [0.4, 0.5) is 13.2 Å². The highest BCUT2D eigenvalue weighted by Crippen LogP contribution is 2.70. The van der Waals surface area contributed by atoms with Crippen molar-refractivity contribution in [2.45, 2.75) is 25.1 Å². The molecule has 0 N–H and O–H groups in total. The van der Waals surface area contributed by atoms with Crippen molar-refractivity contribution in [1.82, 2.24) is 0 Å². The molecule has 33 heavy (non-hydrogen) atoms. The number of thioether (sulfide) groups is 1. The van der Waals surface area contributed by atoms with E-state index in [0.29, 0.717) is 11.5 Å². The van der Waals surface area contributed by atoms with Gasteiger partial charge in [0, 0.05) is 19.6 Å². The summed E-state index contributed by atoms with van der Waals surface area (Å²) in [6, 6.07) is 18.8. The Morgan fingerprint density at radius 3 is 1.36 bits per heavy atom. The third-order valence-electron chi connectivity index (χ3n) is 4.65. The number of benzene rings is 3. The Bertz CT molecular complexity index is 1060. The van der Waals surface area contributed by atoms with E-state index in [2.05, 4.69) is 0 Å². The molecule has 11 heteroatoms. The zero-order chi connectivity index (χ0) is 24.3. The second-order valence-corrected chi connectivity index (χ2v) is 11.9. The summed E-state index contributed by atoms with van der Waals surface area (Å²) >= 11 is 1.44. The first-order valence-electron chi connectivity index (χ1n) is 9.35.